The zero-order chi connectivity index (χ0) is 33.8. The molecule has 0 spiro atoms. The summed E-state index contributed by atoms with van der Waals surface area (Å²) < 4.78 is 50.3. The number of anilines is 3. The van der Waals surface area contributed by atoms with E-state index >= 15 is 0 Å². The normalized spacial score (nSPS) is 17.5. The van der Waals surface area contributed by atoms with Gasteiger partial charge in [0.1, 0.15) is 23.2 Å². The molecule has 0 aliphatic carbocycles. The Bertz CT molecular complexity index is 1540. The molecule has 1 aliphatic heterocycles. The number of aliphatic hydroxyl groups is 1. The van der Waals surface area contributed by atoms with Crippen LogP contribution in [0.3, 0.4) is 0 Å². The lowest BCUT2D eigenvalue weighted by Crippen LogP contribution is -2.48. The molecular formula is C31H37F3N6O6. The Balaban J connectivity index is 1.54. The minimum Gasteiger partial charge on any atom is -0.488 e. The molecule has 4 rings (SSSR count). The Morgan fingerprint density at radius 2 is 1.78 bits per heavy atom. The van der Waals surface area contributed by atoms with Crippen molar-refractivity contribution in [2.75, 3.05) is 42.7 Å². The van der Waals surface area contributed by atoms with Gasteiger partial charge in [0.05, 0.1) is 31.2 Å². The Morgan fingerprint density at radius 1 is 1.11 bits per heavy atom. The van der Waals surface area contributed by atoms with Gasteiger partial charge in [-0.25, -0.2) is 9.59 Å². The van der Waals surface area contributed by atoms with Crippen LogP contribution in [0, 0.1) is 19.8 Å². The third kappa shape index (κ3) is 8.27. The molecule has 12 nitrogen and oxygen atoms in total. The molecule has 0 unspecified atom stereocenters. The van der Waals surface area contributed by atoms with Crippen LogP contribution in [0.25, 0.3) is 0 Å². The number of likely N-dealkylation sites (N-methyl/N-ethyl adjacent to an activating group) is 1. The van der Waals surface area contributed by atoms with Crippen LogP contribution in [-0.2, 0) is 17.4 Å². The molecule has 15 heteroatoms. The average Bonchev–Trinajstić information content (AvgIpc) is 3.33. The SMILES string of the molecule is Cc1noc(C)c1NC(=O)Nc1ccc2c(c1)CC(=O)N([C@@H](C)CO)C[C@H](C)[C@@H](CN(C)C(=O)Nc1ccc(C(F)(F)F)cc1)O2. The van der Waals surface area contributed by atoms with Crippen molar-refractivity contribution in [3.63, 3.8) is 0 Å². The van der Waals surface area contributed by atoms with E-state index in [1.54, 1.807) is 43.9 Å². The minimum absolute atomic E-state index is 0.0580. The fraction of sp³-hybridized carbons (Fsp3) is 0.419. The number of alkyl halides is 3. The van der Waals surface area contributed by atoms with Crippen molar-refractivity contribution >= 4 is 35.0 Å². The quantitative estimate of drug-likeness (QED) is 0.273. The van der Waals surface area contributed by atoms with Crippen LogP contribution in [0.15, 0.2) is 47.0 Å². The summed E-state index contributed by atoms with van der Waals surface area (Å²) in [4.78, 5) is 42.1. The van der Waals surface area contributed by atoms with Crippen molar-refractivity contribution in [1.82, 2.24) is 15.0 Å². The van der Waals surface area contributed by atoms with Crippen LogP contribution in [0.5, 0.6) is 5.75 Å². The van der Waals surface area contributed by atoms with E-state index in [1.165, 1.54) is 24.1 Å². The van der Waals surface area contributed by atoms with Crippen LogP contribution < -0.4 is 20.7 Å². The largest absolute Gasteiger partial charge is 0.488 e. The lowest BCUT2D eigenvalue weighted by molar-refractivity contribution is -0.137. The summed E-state index contributed by atoms with van der Waals surface area (Å²) in [5, 5.41) is 21.7. The number of hydrogen-bond donors (Lipinski definition) is 4. The summed E-state index contributed by atoms with van der Waals surface area (Å²) in [6, 6.07) is 7.35. The van der Waals surface area contributed by atoms with Gasteiger partial charge in [-0.2, -0.15) is 13.2 Å². The number of halogens is 3. The predicted octanol–water partition coefficient (Wildman–Crippen LogP) is 5.27. The number of nitrogens with one attached hydrogen (secondary N) is 3. The van der Waals surface area contributed by atoms with Gasteiger partial charge in [0.25, 0.3) is 0 Å². The summed E-state index contributed by atoms with van der Waals surface area (Å²) in [6.45, 7) is 6.95. The summed E-state index contributed by atoms with van der Waals surface area (Å²) >= 11 is 0. The summed E-state index contributed by atoms with van der Waals surface area (Å²) in [5.41, 5.74) is 1.17. The van der Waals surface area contributed by atoms with Crippen LogP contribution in [0.2, 0.25) is 0 Å². The van der Waals surface area contributed by atoms with Crippen LogP contribution in [0.4, 0.5) is 39.8 Å². The molecule has 5 amide bonds. The number of aryl methyl sites for hydroxylation is 2. The average molecular weight is 647 g/mol. The molecule has 0 fully saturated rings. The minimum atomic E-state index is -4.50. The predicted molar refractivity (Wildman–Crippen MR) is 164 cm³/mol. The first kappa shape index (κ1) is 34.1. The fourth-order valence-corrected chi connectivity index (χ4v) is 4.98. The monoisotopic (exact) mass is 646 g/mol. The number of nitrogens with zero attached hydrogens (tertiary/aromatic N) is 3. The number of carbonyl (C=O) groups excluding carboxylic acids is 3. The highest BCUT2D eigenvalue weighted by atomic mass is 19.4. The number of hydrogen-bond acceptors (Lipinski definition) is 7. The van der Waals surface area contributed by atoms with Crippen molar-refractivity contribution in [2.45, 2.75) is 52.4 Å². The highest BCUT2D eigenvalue weighted by Gasteiger charge is 2.33. The Hall–Kier alpha value is -4.79. The molecule has 248 valence electrons. The lowest BCUT2D eigenvalue weighted by Gasteiger charge is -2.34. The molecule has 2 aromatic carbocycles. The van der Waals surface area contributed by atoms with Gasteiger partial charge in [0, 0.05) is 36.4 Å². The molecule has 0 saturated heterocycles. The van der Waals surface area contributed by atoms with Gasteiger partial charge in [0.15, 0.2) is 5.76 Å². The molecule has 1 aliphatic rings. The number of urea groups is 2. The Kier molecular flexibility index (Phi) is 10.5. The van der Waals surface area contributed by atoms with Crippen molar-refractivity contribution in [3.8, 4) is 5.75 Å². The number of fused-ring (bicyclic) bond motifs is 1. The highest BCUT2D eigenvalue weighted by Crippen LogP contribution is 2.31. The molecule has 3 atom stereocenters. The first-order chi connectivity index (χ1) is 21.7. The topological polar surface area (TPSA) is 149 Å². The zero-order valence-electron chi connectivity index (χ0n) is 26.1. The number of aromatic nitrogens is 1. The van der Waals surface area contributed by atoms with Gasteiger partial charge >= 0.3 is 18.2 Å². The summed E-state index contributed by atoms with van der Waals surface area (Å²) in [6.07, 6.45) is -5.21. The van der Waals surface area contributed by atoms with Gasteiger partial charge in [-0.05, 0) is 63.2 Å². The maximum atomic E-state index is 13.5. The Labute approximate surface area is 263 Å². The van der Waals surface area contributed by atoms with Crippen LogP contribution in [0.1, 0.15) is 36.4 Å². The van der Waals surface area contributed by atoms with E-state index in [0.29, 0.717) is 34.1 Å². The number of ether oxygens (including phenoxy) is 1. The van der Waals surface area contributed by atoms with Crippen molar-refractivity contribution < 1.29 is 41.9 Å². The molecule has 1 aromatic heterocycles. The zero-order valence-corrected chi connectivity index (χ0v) is 26.1. The Morgan fingerprint density at radius 3 is 2.39 bits per heavy atom. The molecule has 3 aromatic rings. The van der Waals surface area contributed by atoms with Crippen molar-refractivity contribution in [2.24, 2.45) is 5.92 Å². The standard InChI is InChI=1S/C31H37F3N6O6/c1-17-14-40(18(2)16-41)27(42)13-21-12-24(35-29(43)37-28-19(3)38-46-20(28)4)10-11-25(21)45-26(17)15-39(5)30(44)36-23-8-6-22(7-9-23)31(32,33)34/h6-12,17-18,26,41H,13-16H2,1-5H3,(H,36,44)(H2,35,37,43)/t17-,18-,26+/m0/s1. The third-order valence-corrected chi connectivity index (χ3v) is 7.71. The second-order valence-corrected chi connectivity index (χ2v) is 11.4. The molecule has 4 N–H and O–H groups in total. The first-order valence-electron chi connectivity index (χ1n) is 14.6. The van der Waals surface area contributed by atoms with E-state index in [2.05, 4.69) is 21.1 Å². The maximum Gasteiger partial charge on any atom is 0.416 e. The van der Waals surface area contributed by atoms with Gasteiger partial charge < -0.3 is 40.1 Å². The molecule has 0 bridgehead atoms. The highest BCUT2D eigenvalue weighted by molar-refractivity contribution is 6.00. The van der Waals surface area contributed by atoms with E-state index in [1.807, 2.05) is 6.92 Å². The summed E-state index contributed by atoms with van der Waals surface area (Å²) in [5.74, 6) is 0.239. The number of benzene rings is 2. The van der Waals surface area contributed by atoms with Crippen molar-refractivity contribution in [1.29, 1.82) is 0 Å². The van der Waals surface area contributed by atoms with Gasteiger partial charge in [-0.15, -0.1) is 0 Å². The number of amides is 5. The molecular weight excluding hydrogens is 609 g/mol. The van der Waals surface area contributed by atoms with E-state index in [9.17, 15) is 32.7 Å². The second kappa shape index (κ2) is 14.1. The van der Waals surface area contributed by atoms with Crippen molar-refractivity contribution in [3.05, 3.63) is 65.0 Å². The van der Waals surface area contributed by atoms with Gasteiger partial charge in [-0.3, -0.25) is 4.79 Å². The van der Waals surface area contributed by atoms with Crippen LogP contribution >= 0.6 is 0 Å². The number of aliphatic hydroxyl groups excluding tert-OH is 1. The van der Waals surface area contributed by atoms with E-state index in [-0.39, 0.29) is 43.6 Å². The molecule has 46 heavy (non-hydrogen) atoms. The van der Waals surface area contributed by atoms with E-state index in [4.69, 9.17) is 9.26 Å². The fourth-order valence-electron chi connectivity index (χ4n) is 4.98. The van der Waals surface area contributed by atoms with E-state index in [0.717, 1.165) is 12.1 Å². The van der Waals surface area contributed by atoms with Crippen LogP contribution in [-0.4, -0.2) is 76.9 Å². The first-order valence-corrected chi connectivity index (χ1v) is 14.6. The summed E-state index contributed by atoms with van der Waals surface area (Å²) in [7, 11) is 1.52. The maximum absolute atomic E-state index is 13.5. The lowest BCUT2D eigenvalue weighted by atomic mass is 10.0. The molecule has 0 radical (unpaired) electrons. The van der Waals surface area contributed by atoms with Gasteiger partial charge in [0.2, 0.25) is 5.91 Å². The van der Waals surface area contributed by atoms with E-state index < -0.39 is 35.9 Å². The third-order valence-electron chi connectivity index (χ3n) is 7.71. The smallest absolute Gasteiger partial charge is 0.416 e. The number of carbonyl (C=O) groups is 3. The molecule has 0 saturated carbocycles. The number of rotatable bonds is 7. The second-order valence-electron chi connectivity index (χ2n) is 11.4. The van der Waals surface area contributed by atoms with Gasteiger partial charge in [-0.1, -0.05) is 12.1 Å². The molecule has 2 heterocycles.